The van der Waals surface area contributed by atoms with Crippen LogP contribution >= 0.6 is 0 Å². The van der Waals surface area contributed by atoms with Gasteiger partial charge in [-0.2, -0.15) is 0 Å². The van der Waals surface area contributed by atoms with Gasteiger partial charge in [-0.25, -0.2) is 0 Å². The van der Waals surface area contributed by atoms with E-state index in [1.165, 1.54) is 6.07 Å². The van der Waals surface area contributed by atoms with Crippen molar-refractivity contribution >= 4 is 12.1 Å². The van der Waals surface area contributed by atoms with Gasteiger partial charge in [0, 0.05) is 11.1 Å². The molecule has 0 aliphatic carbocycles. The Balaban J connectivity index is 3.01. The number of aldehydes is 1. The molecule has 0 aliphatic heterocycles. The average Bonchev–Trinajstić information content (AvgIpc) is 2.17. The van der Waals surface area contributed by atoms with E-state index in [1.807, 2.05) is 0 Å². The number of hydrogen-bond acceptors (Lipinski definition) is 3. The first kappa shape index (κ1) is 8.62. The second-order valence-corrected chi connectivity index (χ2v) is 2.32. The van der Waals surface area contributed by atoms with Crippen LogP contribution in [0.4, 0.5) is 0 Å². The lowest BCUT2D eigenvalue weighted by Gasteiger charge is -1.96. The molecule has 1 aromatic rings. The van der Waals surface area contributed by atoms with Gasteiger partial charge in [-0.1, -0.05) is 18.2 Å². The molecule has 3 heteroatoms. The first-order chi connectivity index (χ1) is 5.77. The zero-order chi connectivity index (χ0) is 8.97. The summed E-state index contributed by atoms with van der Waals surface area (Å²) in [5.74, 6) is -0.376. The molecule has 1 rings (SSSR count). The van der Waals surface area contributed by atoms with Gasteiger partial charge in [0.1, 0.15) is 12.9 Å². The van der Waals surface area contributed by atoms with Crippen molar-refractivity contribution in [2.24, 2.45) is 0 Å². The van der Waals surface area contributed by atoms with Crippen LogP contribution < -0.4 is 0 Å². The number of aliphatic hydroxyl groups excluding tert-OH is 1. The predicted molar refractivity (Wildman–Crippen MR) is 43.2 cm³/mol. The summed E-state index contributed by atoms with van der Waals surface area (Å²) in [6, 6.07) is 6.21. The van der Waals surface area contributed by atoms with E-state index in [-0.39, 0.29) is 5.78 Å². The number of aliphatic hydroxyl groups is 1. The molecule has 0 heterocycles. The standard InChI is InChI=1S/C9H8O3/c10-5-7-2-1-3-8(4-7)9(12)6-11/h1-5,11H,6H2. The van der Waals surface area contributed by atoms with E-state index in [1.54, 1.807) is 18.2 Å². The third-order valence-corrected chi connectivity index (χ3v) is 1.49. The molecule has 1 aromatic carbocycles. The molecule has 3 nitrogen and oxygen atoms in total. The SMILES string of the molecule is O=Cc1cccc(C(=O)CO)c1. The molecule has 0 spiro atoms. The Labute approximate surface area is 69.6 Å². The summed E-state index contributed by atoms with van der Waals surface area (Å²) in [5.41, 5.74) is 0.802. The molecule has 0 radical (unpaired) electrons. The summed E-state index contributed by atoms with van der Waals surface area (Å²) in [6.07, 6.45) is 0.661. The lowest BCUT2D eigenvalue weighted by molar-refractivity contribution is 0.0903. The van der Waals surface area contributed by atoms with E-state index in [0.29, 0.717) is 17.4 Å². The number of carbonyl (C=O) groups is 2. The van der Waals surface area contributed by atoms with Crippen LogP contribution in [0.15, 0.2) is 24.3 Å². The minimum atomic E-state index is -0.525. The maximum absolute atomic E-state index is 10.9. The van der Waals surface area contributed by atoms with Crippen LogP contribution in [0, 0.1) is 0 Å². The van der Waals surface area contributed by atoms with Crippen molar-refractivity contribution in [2.75, 3.05) is 6.61 Å². The van der Waals surface area contributed by atoms with Crippen LogP contribution in [0.5, 0.6) is 0 Å². The number of benzene rings is 1. The minimum absolute atomic E-state index is 0.363. The fourth-order valence-corrected chi connectivity index (χ4v) is 0.877. The van der Waals surface area contributed by atoms with Crippen molar-refractivity contribution in [2.45, 2.75) is 0 Å². The molecule has 0 saturated carbocycles. The molecule has 12 heavy (non-hydrogen) atoms. The van der Waals surface area contributed by atoms with E-state index in [9.17, 15) is 9.59 Å². The second-order valence-electron chi connectivity index (χ2n) is 2.32. The van der Waals surface area contributed by atoms with Gasteiger partial charge >= 0.3 is 0 Å². The minimum Gasteiger partial charge on any atom is -0.388 e. The molecule has 0 bridgehead atoms. The largest absolute Gasteiger partial charge is 0.388 e. The van der Waals surface area contributed by atoms with Gasteiger partial charge < -0.3 is 5.11 Å². The summed E-state index contributed by atoms with van der Waals surface area (Å²) >= 11 is 0. The van der Waals surface area contributed by atoms with E-state index < -0.39 is 6.61 Å². The van der Waals surface area contributed by atoms with Crippen molar-refractivity contribution in [3.8, 4) is 0 Å². The Bertz CT molecular complexity index is 304. The molecular formula is C9H8O3. The molecular weight excluding hydrogens is 156 g/mol. The molecule has 0 aliphatic rings. The van der Waals surface area contributed by atoms with Crippen LogP contribution in [0.25, 0.3) is 0 Å². The zero-order valence-corrected chi connectivity index (χ0v) is 6.36. The van der Waals surface area contributed by atoms with Crippen LogP contribution in [0.2, 0.25) is 0 Å². The fourth-order valence-electron chi connectivity index (χ4n) is 0.877. The Morgan fingerprint density at radius 2 is 2.25 bits per heavy atom. The van der Waals surface area contributed by atoms with Crippen LogP contribution in [-0.2, 0) is 0 Å². The van der Waals surface area contributed by atoms with E-state index in [4.69, 9.17) is 5.11 Å². The lowest BCUT2D eigenvalue weighted by atomic mass is 10.1. The molecule has 0 amide bonds. The first-order valence-corrected chi connectivity index (χ1v) is 3.47. The van der Waals surface area contributed by atoms with Crippen molar-refractivity contribution in [3.63, 3.8) is 0 Å². The maximum atomic E-state index is 10.9. The van der Waals surface area contributed by atoms with Gasteiger partial charge in [0.2, 0.25) is 0 Å². The average molecular weight is 164 g/mol. The number of ketones is 1. The van der Waals surface area contributed by atoms with E-state index in [2.05, 4.69) is 0 Å². The number of carbonyl (C=O) groups excluding carboxylic acids is 2. The molecule has 0 fully saturated rings. The maximum Gasteiger partial charge on any atom is 0.188 e. The van der Waals surface area contributed by atoms with E-state index >= 15 is 0 Å². The highest BCUT2D eigenvalue weighted by Gasteiger charge is 2.03. The van der Waals surface area contributed by atoms with Crippen LogP contribution in [-0.4, -0.2) is 23.8 Å². The van der Waals surface area contributed by atoms with Crippen molar-refractivity contribution < 1.29 is 14.7 Å². The third-order valence-electron chi connectivity index (χ3n) is 1.49. The quantitative estimate of drug-likeness (QED) is 0.527. The Morgan fingerprint density at radius 3 is 2.83 bits per heavy atom. The van der Waals surface area contributed by atoms with Gasteiger partial charge in [-0.3, -0.25) is 9.59 Å². The van der Waals surface area contributed by atoms with Gasteiger partial charge in [-0.05, 0) is 6.07 Å². The monoisotopic (exact) mass is 164 g/mol. The Kier molecular flexibility index (Phi) is 2.71. The Hall–Kier alpha value is -1.48. The van der Waals surface area contributed by atoms with Gasteiger partial charge in [0.25, 0.3) is 0 Å². The van der Waals surface area contributed by atoms with Crippen molar-refractivity contribution in [3.05, 3.63) is 35.4 Å². The van der Waals surface area contributed by atoms with Gasteiger partial charge in [0.15, 0.2) is 5.78 Å². The van der Waals surface area contributed by atoms with Crippen molar-refractivity contribution in [1.29, 1.82) is 0 Å². The second kappa shape index (κ2) is 3.78. The van der Waals surface area contributed by atoms with E-state index in [0.717, 1.165) is 0 Å². The molecule has 0 atom stereocenters. The fraction of sp³-hybridized carbons (Fsp3) is 0.111. The third kappa shape index (κ3) is 1.77. The molecule has 62 valence electrons. The highest BCUT2D eigenvalue weighted by molar-refractivity contribution is 5.98. The van der Waals surface area contributed by atoms with Crippen LogP contribution in [0.3, 0.4) is 0 Å². The summed E-state index contributed by atoms with van der Waals surface area (Å²) in [7, 11) is 0. The summed E-state index contributed by atoms with van der Waals surface area (Å²) < 4.78 is 0. The molecule has 0 aromatic heterocycles. The number of Topliss-reactive ketones (excluding diaryl/α,β-unsaturated/α-hetero) is 1. The number of hydrogen-bond donors (Lipinski definition) is 1. The number of rotatable bonds is 3. The predicted octanol–water partition coefficient (Wildman–Crippen LogP) is 0.674. The zero-order valence-electron chi connectivity index (χ0n) is 6.36. The van der Waals surface area contributed by atoms with Gasteiger partial charge in [0.05, 0.1) is 0 Å². The van der Waals surface area contributed by atoms with Crippen molar-refractivity contribution in [1.82, 2.24) is 0 Å². The highest BCUT2D eigenvalue weighted by atomic mass is 16.3. The molecule has 0 unspecified atom stereocenters. The summed E-state index contributed by atoms with van der Waals surface area (Å²) in [5, 5.41) is 8.51. The first-order valence-electron chi connectivity index (χ1n) is 3.47. The topological polar surface area (TPSA) is 54.4 Å². The normalized spacial score (nSPS) is 9.42. The van der Waals surface area contributed by atoms with Crippen LogP contribution in [0.1, 0.15) is 20.7 Å². The smallest absolute Gasteiger partial charge is 0.188 e. The molecule has 0 saturated heterocycles. The van der Waals surface area contributed by atoms with Gasteiger partial charge in [-0.15, -0.1) is 0 Å². The summed E-state index contributed by atoms with van der Waals surface area (Å²) in [4.78, 5) is 21.2. The Morgan fingerprint density at radius 1 is 1.50 bits per heavy atom. The summed E-state index contributed by atoms with van der Waals surface area (Å²) in [6.45, 7) is -0.525. The molecule has 1 N–H and O–H groups in total. The lowest BCUT2D eigenvalue weighted by Crippen LogP contribution is -2.04. The highest BCUT2D eigenvalue weighted by Crippen LogP contribution is 2.03.